The van der Waals surface area contributed by atoms with Crippen molar-refractivity contribution in [1.82, 2.24) is 19.3 Å². The monoisotopic (exact) mass is 676 g/mol. The molecule has 49 heavy (non-hydrogen) atoms. The van der Waals surface area contributed by atoms with Crippen LogP contribution in [0.4, 0.5) is 4.79 Å². The van der Waals surface area contributed by atoms with E-state index >= 15 is 0 Å². The number of nitrogens with zero attached hydrogens (tertiary/aromatic N) is 4. The topological polar surface area (TPSA) is 112 Å². The number of likely N-dealkylation sites (tertiary alicyclic amines) is 1. The molecule has 2 aliphatic heterocycles. The van der Waals surface area contributed by atoms with Crippen LogP contribution in [0.2, 0.25) is 0 Å². The Balaban J connectivity index is 1.34. The Hall–Kier alpha value is -3.66. The average molecular weight is 677 g/mol. The standard InChI is InChI=1S/C39H56N4O6/c1-28(23-29-13-9-7-10-14-29)34(45)42-18-17-39(48,38(5,6)26-42)27-43-25-32(31(24-33(43)44)30-15-11-8-12-16-30)35(46)40-19-21-41(22-20-40)36(47)49-37(2,3)4/h8,11-12,15-16,24-25,28-29,48H,7,9-10,13-14,17-23,26-27H2,1-6H3/t28-,39?/m1/s1. The number of piperidine rings is 1. The van der Waals surface area contributed by atoms with Crippen LogP contribution in [0.5, 0.6) is 0 Å². The molecule has 3 heterocycles. The maximum absolute atomic E-state index is 14.2. The smallest absolute Gasteiger partial charge is 0.410 e. The van der Waals surface area contributed by atoms with Gasteiger partial charge in [-0.25, -0.2) is 4.79 Å². The lowest BCUT2D eigenvalue weighted by Gasteiger charge is -2.51. The van der Waals surface area contributed by atoms with E-state index in [1.54, 1.807) is 16.0 Å². The summed E-state index contributed by atoms with van der Waals surface area (Å²) >= 11 is 0. The molecular formula is C39H56N4O6. The highest BCUT2D eigenvalue weighted by molar-refractivity contribution is 6.00. The van der Waals surface area contributed by atoms with E-state index in [0.29, 0.717) is 62.7 Å². The molecule has 0 bridgehead atoms. The molecule has 1 aromatic heterocycles. The van der Waals surface area contributed by atoms with Crippen molar-refractivity contribution in [2.24, 2.45) is 17.3 Å². The maximum atomic E-state index is 14.2. The van der Waals surface area contributed by atoms with Crippen molar-refractivity contribution in [3.63, 3.8) is 0 Å². The van der Waals surface area contributed by atoms with Gasteiger partial charge in [0, 0.05) is 68.4 Å². The molecule has 2 aromatic rings. The minimum absolute atomic E-state index is 0.000261. The molecule has 10 heteroatoms. The van der Waals surface area contributed by atoms with Gasteiger partial charge in [-0.1, -0.05) is 83.2 Å². The molecule has 0 radical (unpaired) electrons. The van der Waals surface area contributed by atoms with Crippen LogP contribution in [0.3, 0.4) is 0 Å². The van der Waals surface area contributed by atoms with E-state index in [4.69, 9.17) is 4.74 Å². The molecule has 5 rings (SSSR count). The van der Waals surface area contributed by atoms with Crippen molar-refractivity contribution in [3.05, 3.63) is 58.5 Å². The number of carbonyl (C=O) groups is 3. The first kappa shape index (κ1) is 36.6. The number of pyridine rings is 1. The SMILES string of the molecule is C[C@H](CC1CCCCC1)C(=O)N1CCC(O)(Cn2cc(C(=O)N3CCN(C(=O)OC(C)(C)C)CC3)c(-c3ccccc3)cc2=O)C(C)(C)C1. The first-order chi connectivity index (χ1) is 23.1. The number of ether oxygens (including phenoxy) is 1. The molecule has 10 nitrogen and oxygen atoms in total. The molecule has 3 amide bonds. The van der Waals surface area contributed by atoms with Crippen molar-refractivity contribution in [1.29, 1.82) is 0 Å². The first-order valence-corrected chi connectivity index (χ1v) is 18.2. The molecule has 1 saturated carbocycles. The summed E-state index contributed by atoms with van der Waals surface area (Å²) in [5, 5.41) is 12.2. The van der Waals surface area contributed by atoms with Crippen molar-refractivity contribution >= 4 is 17.9 Å². The lowest BCUT2D eigenvalue weighted by atomic mass is 9.69. The van der Waals surface area contributed by atoms with Gasteiger partial charge >= 0.3 is 6.09 Å². The van der Waals surface area contributed by atoms with Gasteiger partial charge in [0.15, 0.2) is 0 Å². The molecule has 1 aliphatic carbocycles. The predicted octanol–water partition coefficient (Wildman–Crippen LogP) is 5.80. The van der Waals surface area contributed by atoms with E-state index in [1.807, 2.05) is 76.8 Å². The van der Waals surface area contributed by atoms with Crippen LogP contribution in [0.25, 0.3) is 11.1 Å². The van der Waals surface area contributed by atoms with Gasteiger partial charge in [-0.3, -0.25) is 14.4 Å². The Morgan fingerprint density at radius 1 is 0.939 bits per heavy atom. The van der Waals surface area contributed by atoms with Crippen LogP contribution in [-0.2, 0) is 16.1 Å². The fourth-order valence-electron chi connectivity index (χ4n) is 7.77. The largest absolute Gasteiger partial charge is 0.444 e. The Morgan fingerprint density at radius 2 is 1.57 bits per heavy atom. The highest BCUT2D eigenvalue weighted by Crippen LogP contribution is 2.41. The fourth-order valence-corrected chi connectivity index (χ4v) is 7.77. The highest BCUT2D eigenvalue weighted by Gasteiger charge is 2.49. The molecule has 2 saturated heterocycles. The predicted molar refractivity (Wildman–Crippen MR) is 190 cm³/mol. The summed E-state index contributed by atoms with van der Waals surface area (Å²) in [4.78, 5) is 59.3. The van der Waals surface area contributed by atoms with Gasteiger partial charge in [0.1, 0.15) is 5.60 Å². The second-order valence-electron chi connectivity index (χ2n) is 16.3. The molecule has 1 N–H and O–H groups in total. The third-order valence-electron chi connectivity index (χ3n) is 10.9. The van der Waals surface area contributed by atoms with E-state index in [0.717, 1.165) is 12.0 Å². The van der Waals surface area contributed by atoms with Crippen LogP contribution < -0.4 is 5.56 Å². The zero-order valence-electron chi connectivity index (χ0n) is 30.4. The van der Waals surface area contributed by atoms with Crippen LogP contribution in [0.1, 0.15) is 96.8 Å². The molecule has 1 aromatic carbocycles. The lowest BCUT2D eigenvalue weighted by Crippen LogP contribution is -2.61. The average Bonchev–Trinajstić information content (AvgIpc) is 3.06. The van der Waals surface area contributed by atoms with Crippen molar-refractivity contribution < 1.29 is 24.2 Å². The summed E-state index contributed by atoms with van der Waals surface area (Å²) in [6.45, 7) is 13.5. The lowest BCUT2D eigenvalue weighted by molar-refractivity contribution is -0.157. The van der Waals surface area contributed by atoms with Crippen molar-refractivity contribution in [2.75, 3.05) is 39.3 Å². The zero-order chi connectivity index (χ0) is 35.6. The van der Waals surface area contributed by atoms with Gasteiger partial charge in [0.25, 0.3) is 11.5 Å². The second-order valence-corrected chi connectivity index (χ2v) is 16.3. The minimum atomic E-state index is -1.28. The number of aromatic nitrogens is 1. The first-order valence-electron chi connectivity index (χ1n) is 18.2. The Morgan fingerprint density at radius 3 is 2.18 bits per heavy atom. The Labute approximate surface area is 291 Å². The summed E-state index contributed by atoms with van der Waals surface area (Å²) < 4.78 is 6.98. The zero-order valence-corrected chi connectivity index (χ0v) is 30.4. The number of piperazine rings is 1. The van der Waals surface area contributed by atoms with Crippen LogP contribution in [-0.4, -0.2) is 92.8 Å². The minimum Gasteiger partial charge on any atom is -0.444 e. The molecule has 0 spiro atoms. The molecule has 2 atom stereocenters. The van der Waals surface area contributed by atoms with Gasteiger partial charge in [0.05, 0.1) is 17.7 Å². The number of carbonyl (C=O) groups excluding carboxylic acids is 3. The molecular weight excluding hydrogens is 620 g/mol. The van der Waals surface area contributed by atoms with Crippen LogP contribution in [0.15, 0.2) is 47.4 Å². The van der Waals surface area contributed by atoms with E-state index in [1.165, 1.54) is 42.7 Å². The van der Waals surface area contributed by atoms with Gasteiger partial charge in [-0.15, -0.1) is 0 Å². The van der Waals surface area contributed by atoms with Crippen LogP contribution in [0, 0.1) is 17.3 Å². The number of hydrogen-bond donors (Lipinski definition) is 1. The molecule has 268 valence electrons. The molecule has 3 fully saturated rings. The van der Waals surface area contributed by atoms with Crippen molar-refractivity contribution in [3.8, 4) is 11.1 Å². The number of aliphatic hydroxyl groups is 1. The van der Waals surface area contributed by atoms with Gasteiger partial charge in [-0.05, 0) is 45.1 Å². The summed E-state index contributed by atoms with van der Waals surface area (Å²) in [6.07, 6.45) is 8.61. The fraction of sp³-hybridized carbons (Fsp3) is 0.641. The maximum Gasteiger partial charge on any atom is 0.410 e. The summed E-state index contributed by atoms with van der Waals surface area (Å²) in [7, 11) is 0. The van der Waals surface area contributed by atoms with Gasteiger partial charge in [0.2, 0.25) is 5.91 Å². The Kier molecular flexibility index (Phi) is 11.0. The number of hydrogen-bond acceptors (Lipinski definition) is 6. The van der Waals surface area contributed by atoms with Crippen molar-refractivity contribution in [2.45, 2.75) is 104 Å². The number of rotatable bonds is 7. The second kappa shape index (κ2) is 14.7. The van der Waals surface area contributed by atoms with Crippen LogP contribution >= 0.6 is 0 Å². The number of benzene rings is 1. The summed E-state index contributed by atoms with van der Waals surface area (Å²) in [5.74, 6) is 0.455. The van der Waals surface area contributed by atoms with E-state index in [9.17, 15) is 24.3 Å². The summed E-state index contributed by atoms with van der Waals surface area (Å²) in [5.41, 5.74) is -1.27. The van der Waals surface area contributed by atoms with E-state index in [2.05, 4.69) is 0 Å². The summed E-state index contributed by atoms with van der Waals surface area (Å²) in [6, 6.07) is 10.8. The molecule has 1 unspecified atom stereocenters. The van der Waals surface area contributed by atoms with E-state index in [-0.39, 0.29) is 29.8 Å². The van der Waals surface area contributed by atoms with E-state index < -0.39 is 22.7 Å². The third kappa shape index (κ3) is 8.56. The quantitative estimate of drug-likeness (QED) is 0.397. The Bertz CT molecular complexity index is 1550. The normalized spacial score (nSPS) is 22.5. The molecule has 3 aliphatic rings. The third-order valence-corrected chi connectivity index (χ3v) is 10.9. The highest BCUT2D eigenvalue weighted by atomic mass is 16.6. The van der Waals surface area contributed by atoms with Gasteiger partial charge < -0.3 is 29.1 Å². The van der Waals surface area contributed by atoms with Gasteiger partial charge in [-0.2, -0.15) is 0 Å². The number of amides is 3.